The zero-order valence-electron chi connectivity index (χ0n) is 13.5. The normalized spacial score (nSPS) is 21.8. The Balaban J connectivity index is 2.28. The van der Waals surface area contributed by atoms with E-state index >= 15 is 0 Å². The summed E-state index contributed by atoms with van der Waals surface area (Å²) in [6.45, 7) is 6.89. The van der Waals surface area contributed by atoms with E-state index in [1.54, 1.807) is 34.7 Å². The third-order valence-electron chi connectivity index (χ3n) is 3.45. The van der Waals surface area contributed by atoms with Gasteiger partial charge in [0.25, 0.3) is 5.91 Å². The fourth-order valence-corrected chi connectivity index (χ4v) is 2.06. The average molecular weight is 303 g/mol. The minimum absolute atomic E-state index is 0.284. The van der Waals surface area contributed by atoms with Gasteiger partial charge in [0.1, 0.15) is 5.71 Å². The van der Waals surface area contributed by atoms with Gasteiger partial charge in [0.15, 0.2) is 5.54 Å². The van der Waals surface area contributed by atoms with Gasteiger partial charge in [-0.2, -0.15) is 5.10 Å². The summed E-state index contributed by atoms with van der Waals surface area (Å²) in [6.07, 6.45) is 0. The summed E-state index contributed by atoms with van der Waals surface area (Å²) in [5.74, 6) is -0.725. The summed E-state index contributed by atoms with van der Waals surface area (Å²) in [6, 6.07) is 9.33. The molecule has 1 aromatic carbocycles. The molecule has 1 aliphatic rings. The van der Waals surface area contributed by atoms with Crippen molar-refractivity contribution < 1.29 is 14.4 Å². The second-order valence-corrected chi connectivity index (χ2v) is 6.51. The summed E-state index contributed by atoms with van der Waals surface area (Å²) in [4.78, 5) is 29.5. The predicted octanol–water partition coefficient (Wildman–Crippen LogP) is 1.72. The molecule has 1 unspecified atom stereocenters. The number of nitrogens with zero attached hydrogens (tertiary/aromatic N) is 2. The Bertz CT molecular complexity index is 619. The standard InChI is InChI=1S/C16H21N3O3/c1-15(2,3)14(21)22-18-16(4)12(17-19(5)13(16)20)11-9-7-6-8-10-11/h6-10,18H,1-5H3. The van der Waals surface area contributed by atoms with Gasteiger partial charge in [0, 0.05) is 12.6 Å². The monoisotopic (exact) mass is 303 g/mol. The quantitative estimate of drug-likeness (QED) is 0.863. The second-order valence-electron chi connectivity index (χ2n) is 6.51. The molecule has 0 spiro atoms. The summed E-state index contributed by atoms with van der Waals surface area (Å²) in [5, 5.41) is 5.53. The van der Waals surface area contributed by atoms with Crippen molar-refractivity contribution >= 4 is 17.6 Å². The lowest BCUT2D eigenvalue weighted by atomic mass is 9.91. The molecule has 1 atom stereocenters. The molecule has 0 radical (unpaired) electrons. The summed E-state index contributed by atoms with van der Waals surface area (Å²) < 4.78 is 0. The molecule has 1 aromatic rings. The van der Waals surface area contributed by atoms with Gasteiger partial charge in [-0.1, -0.05) is 30.3 Å². The first-order valence-electron chi connectivity index (χ1n) is 7.07. The van der Waals surface area contributed by atoms with Crippen LogP contribution in [0.15, 0.2) is 35.4 Å². The van der Waals surface area contributed by atoms with E-state index in [2.05, 4.69) is 10.6 Å². The number of carbonyl (C=O) groups is 2. The number of hydrazone groups is 1. The molecule has 1 N–H and O–H groups in total. The largest absolute Gasteiger partial charge is 0.369 e. The first-order chi connectivity index (χ1) is 10.2. The first-order valence-corrected chi connectivity index (χ1v) is 7.07. The fraction of sp³-hybridized carbons (Fsp3) is 0.438. The molecule has 1 heterocycles. The van der Waals surface area contributed by atoms with Gasteiger partial charge in [-0.15, -0.1) is 5.48 Å². The Hall–Kier alpha value is -2.21. The van der Waals surface area contributed by atoms with E-state index in [1.165, 1.54) is 5.01 Å². The maximum absolute atomic E-state index is 12.4. The molecule has 0 aliphatic carbocycles. The molecule has 1 aliphatic heterocycles. The molecule has 0 saturated heterocycles. The number of hydrogen-bond donors (Lipinski definition) is 1. The smallest absolute Gasteiger partial charge is 0.330 e. The van der Waals surface area contributed by atoms with Crippen molar-refractivity contribution in [2.24, 2.45) is 10.5 Å². The van der Waals surface area contributed by atoms with E-state index in [0.717, 1.165) is 5.56 Å². The topological polar surface area (TPSA) is 71.0 Å². The molecule has 6 nitrogen and oxygen atoms in total. The number of likely N-dealkylation sites (N-methyl/N-ethyl adjacent to an activating group) is 1. The number of hydroxylamine groups is 1. The van der Waals surface area contributed by atoms with Crippen LogP contribution in [0.4, 0.5) is 0 Å². The third-order valence-corrected chi connectivity index (χ3v) is 3.45. The number of carbonyl (C=O) groups excluding carboxylic acids is 2. The van der Waals surface area contributed by atoms with E-state index in [9.17, 15) is 9.59 Å². The van der Waals surface area contributed by atoms with Crippen molar-refractivity contribution in [1.82, 2.24) is 10.5 Å². The van der Waals surface area contributed by atoms with Crippen molar-refractivity contribution in [1.29, 1.82) is 0 Å². The minimum Gasteiger partial charge on any atom is -0.369 e. The molecule has 2 rings (SSSR count). The number of nitrogens with one attached hydrogen (secondary N) is 1. The highest BCUT2D eigenvalue weighted by Gasteiger charge is 2.48. The maximum atomic E-state index is 12.4. The maximum Gasteiger partial charge on any atom is 0.330 e. The molecule has 0 saturated carbocycles. The van der Waals surface area contributed by atoms with Crippen molar-refractivity contribution in [2.75, 3.05) is 7.05 Å². The van der Waals surface area contributed by atoms with E-state index in [0.29, 0.717) is 5.71 Å². The van der Waals surface area contributed by atoms with Crippen LogP contribution in [-0.4, -0.2) is 35.2 Å². The SMILES string of the molecule is CN1N=C(c2ccccc2)C(C)(NOC(=O)C(C)(C)C)C1=O. The van der Waals surface area contributed by atoms with Crippen molar-refractivity contribution in [3.8, 4) is 0 Å². The van der Waals surface area contributed by atoms with Crippen LogP contribution in [-0.2, 0) is 14.4 Å². The minimum atomic E-state index is -1.21. The highest BCUT2D eigenvalue weighted by atomic mass is 16.7. The Morgan fingerprint density at radius 3 is 2.41 bits per heavy atom. The van der Waals surface area contributed by atoms with E-state index < -0.39 is 16.9 Å². The average Bonchev–Trinajstić information content (AvgIpc) is 2.69. The summed E-state index contributed by atoms with van der Waals surface area (Å²) in [5.41, 5.74) is 2.05. The van der Waals surface area contributed by atoms with Crippen LogP contribution >= 0.6 is 0 Å². The molecule has 0 fully saturated rings. The lowest BCUT2D eigenvalue weighted by Gasteiger charge is -2.26. The van der Waals surface area contributed by atoms with Crippen LogP contribution in [0, 0.1) is 5.41 Å². The van der Waals surface area contributed by atoms with Crippen LogP contribution in [0.25, 0.3) is 0 Å². The Morgan fingerprint density at radius 1 is 1.27 bits per heavy atom. The van der Waals surface area contributed by atoms with E-state index in [-0.39, 0.29) is 5.91 Å². The Morgan fingerprint density at radius 2 is 1.86 bits per heavy atom. The zero-order chi connectivity index (χ0) is 16.5. The van der Waals surface area contributed by atoms with Gasteiger partial charge >= 0.3 is 5.97 Å². The zero-order valence-corrected chi connectivity index (χ0v) is 13.5. The molecular formula is C16H21N3O3. The van der Waals surface area contributed by atoms with Crippen LogP contribution in [0.1, 0.15) is 33.3 Å². The van der Waals surface area contributed by atoms with Crippen LogP contribution in [0.5, 0.6) is 0 Å². The molecular weight excluding hydrogens is 282 g/mol. The molecule has 1 amide bonds. The van der Waals surface area contributed by atoms with Gasteiger partial charge in [-0.3, -0.25) is 4.79 Å². The fourth-order valence-electron chi connectivity index (χ4n) is 2.06. The molecule has 118 valence electrons. The molecule has 0 bridgehead atoms. The Kier molecular flexibility index (Phi) is 4.06. The highest BCUT2D eigenvalue weighted by Crippen LogP contribution is 2.25. The van der Waals surface area contributed by atoms with Crippen LogP contribution in [0.3, 0.4) is 0 Å². The van der Waals surface area contributed by atoms with Crippen molar-refractivity contribution in [2.45, 2.75) is 33.2 Å². The van der Waals surface area contributed by atoms with E-state index in [1.807, 2.05) is 30.3 Å². The van der Waals surface area contributed by atoms with Gasteiger partial charge < -0.3 is 4.84 Å². The number of hydrogen-bond acceptors (Lipinski definition) is 5. The van der Waals surface area contributed by atoms with Crippen molar-refractivity contribution in [3.05, 3.63) is 35.9 Å². The predicted molar refractivity (Wildman–Crippen MR) is 82.8 cm³/mol. The van der Waals surface area contributed by atoms with E-state index in [4.69, 9.17) is 4.84 Å². The molecule has 6 heteroatoms. The second kappa shape index (κ2) is 5.53. The van der Waals surface area contributed by atoms with Gasteiger partial charge in [-0.25, -0.2) is 9.80 Å². The summed E-state index contributed by atoms with van der Waals surface area (Å²) in [7, 11) is 1.57. The Labute approximate surface area is 130 Å². The van der Waals surface area contributed by atoms with Crippen LogP contribution in [0.2, 0.25) is 0 Å². The molecule has 22 heavy (non-hydrogen) atoms. The third kappa shape index (κ3) is 2.87. The van der Waals surface area contributed by atoms with Gasteiger partial charge in [-0.05, 0) is 27.7 Å². The first kappa shape index (κ1) is 16.2. The number of benzene rings is 1. The number of rotatable bonds is 3. The molecule has 0 aromatic heterocycles. The lowest BCUT2D eigenvalue weighted by molar-refractivity contribution is -0.165. The van der Waals surface area contributed by atoms with Crippen LogP contribution < -0.4 is 5.48 Å². The highest BCUT2D eigenvalue weighted by molar-refractivity contribution is 6.23. The summed E-state index contributed by atoms with van der Waals surface area (Å²) >= 11 is 0. The lowest BCUT2D eigenvalue weighted by Crippen LogP contribution is -2.56. The number of amides is 1. The van der Waals surface area contributed by atoms with Gasteiger partial charge in [0.05, 0.1) is 5.41 Å². The van der Waals surface area contributed by atoms with Crippen molar-refractivity contribution in [3.63, 3.8) is 0 Å². The van der Waals surface area contributed by atoms with Gasteiger partial charge in [0.2, 0.25) is 0 Å².